The highest BCUT2D eigenvalue weighted by atomic mass is 16.6. The van der Waals surface area contributed by atoms with Crippen LogP contribution in [-0.2, 0) is 9.53 Å². The Labute approximate surface area is 212 Å². The van der Waals surface area contributed by atoms with Crippen LogP contribution in [0, 0.1) is 0 Å². The smallest absolute Gasteiger partial charge is 0.330 e. The van der Waals surface area contributed by atoms with Crippen LogP contribution in [-0.4, -0.2) is 47.2 Å². The van der Waals surface area contributed by atoms with Crippen LogP contribution in [0.25, 0.3) is 0 Å². The van der Waals surface area contributed by atoms with Crippen LogP contribution >= 0.6 is 0 Å². The molecule has 0 saturated carbocycles. The molecule has 0 spiro atoms. The number of Topliss-reactive ketones (excluding diaryl/α,β-unsaturated/α-hetero) is 1. The lowest BCUT2D eigenvalue weighted by Crippen LogP contribution is -2.44. The first kappa shape index (κ1) is 26.8. The largest absolute Gasteiger partial charge is 0.497 e. The lowest BCUT2D eigenvalue weighted by molar-refractivity contribution is -0.156. The van der Waals surface area contributed by atoms with Crippen molar-refractivity contribution in [2.24, 2.45) is 0 Å². The molecule has 1 N–H and O–H groups in total. The van der Waals surface area contributed by atoms with Crippen LogP contribution in [0.1, 0.15) is 62.8 Å². The van der Waals surface area contributed by atoms with Gasteiger partial charge in [0.2, 0.25) is 5.78 Å². The third-order valence-electron chi connectivity index (χ3n) is 5.61. The van der Waals surface area contributed by atoms with E-state index >= 15 is 0 Å². The predicted molar refractivity (Wildman–Crippen MR) is 139 cm³/mol. The van der Waals surface area contributed by atoms with E-state index in [1.165, 1.54) is 0 Å². The van der Waals surface area contributed by atoms with Gasteiger partial charge in [-0.25, -0.2) is 9.78 Å². The van der Waals surface area contributed by atoms with E-state index in [0.717, 1.165) is 0 Å². The molecular formula is C28H35N3O5. The van der Waals surface area contributed by atoms with Gasteiger partial charge in [0, 0.05) is 24.1 Å². The van der Waals surface area contributed by atoms with Crippen molar-refractivity contribution in [3.63, 3.8) is 0 Å². The van der Waals surface area contributed by atoms with Gasteiger partial charge in [0.05, 0.1) is 20.1 Å². The second kappa shape index (κ2) is 11.3. The number of carbonyl (C=O) groups excluding carboxylic acids is 2. The molecule has 0 aliphatic heterocycles. The predicted octanol–water partition coefficient (Wildman–Crippen LogP) is 5.27. The van der Waals surface area contributed by atoms with E-state index in [-0.39, 0.29) is 17.6 Å². The molecule has 1 heterocycles. The van der Waals surface area contributed by atoms with E-state index in [2.05, 4.69) is 10.3 Å². The maximum Gasteiger partial charge on any atom is 0.330 e. The van der Waals surface area contributed by atoms with Crippen LogP contribution in [0.2, 0.25) is 0 Å². The van der Waals surface area contributed by atoms with Gasteiger partial charge in [-0.2, -0.15) is 0 Å². The number of carbonyl (C=O) groups is 2. The first-order valence-corrected chi connectivity index (χ1v) is 11.9. The Kier molecular flexibility index (Phi) is 8.40. The van der Waals surface area contributed by atoms with Gasteiger partial charge < -0.3 is 24.1 Å². The third kappa shape index (κ3) is 6.44. The number of ether oxygens (including phenoxy) is 3. The number of hydrogen-bond acceptors (Lipinski definition) is 7. The molecule has 0 unspecified atom stereocenters. The lowest BCUT2D eigenvalue weighted by Gasteiger charge is -2.30. The van der Waals surface area contributed by atoms with Gasteiger partial charge in [-0.3, -0.25) is 4.79 Å². The number of anilines is 1. The fourth-order valence-electron chi connectivity index (χ4n) is 3.88. The highest BCUT2D eigenvalue weighted by molar-refractivity contribution is 6.03. The Morgan fingerprint density at radius 3 is 1.97 bits per heavy atom. The Bertz CT molecular complexity index is 1160. The van der Waals surface area contributed by atoms with E-state index in [9.17, 15) is 9.59 Å². The zero-order valence-corrected chi connectivity index (χ0v) is 21.9. The zero-order chi connectivity index (χ0) is 26.5. The highest BCUT2D eigenvalue weighted by Crippen LogP contribution is 2.31. The molecule has 36 heavy (non-hydrogen) atoms. The standard InChI is InChI=1S/C28H35N3O5/c1-18(2)31-17-16-29-26(31)25(32)23(19-8-12-21(34-6)13-9-19)24(27(33)36-28(3,4)5)30-20-10-14-22(35-7)15-11-20/h8-18,23-24,30H,1-7H3/t23-,24-/m0/s1. The number of rotatable bonds is 10. The van der Waals surface area contributed by atoms with Crippen molar-refractivity contribution in [2.45, 2.75) is 58.2 Å². The summed E-state index contributed by atoms with van der Waals surface area (Å²) in [6, 6.07) is 13.2. The molecule has 0 saturated heterocycles. The van der Waals surface area contributed by atoms with Crippen molar-refractivity contribution in [1.82, 2.24) is 9.55 Å². The summed E-state index contributed by atoms with van der Waals surface area (Å²) in [7, 11) is 3.16. The molecule has 8 nitrogen and oxygen atoms in total. The number of ketones is 1. The van der Waals surface area contributed by atoms with Crippen molar-refractivity contribution in [2.75, 3.05) is 19.5 Å². The van der Waals surface area contributed by atoms with Gasteiger partial charge in [0.15, 0.2) is 5.82 Å². The van der Waals surface area contributed by atoms with E-state index in [0.29, 0.717) is 22.7 Å². The summed E-state index contributed by atoms with van der Waals surface area (Å²) in [5, 5.41) is 3.25. The second-order valence-corrected chi connectivity index (χ2v) is 9.75. The molecular weight excluding hydrogens is 458 g/mol. The summed E-state index contributed by atoms with van der Waals surface area (Å²) in [5.74, 6) is -0.170. The van der Waals surface area contributed by atoms with Crippen molar-refractivity contribution in [3.8, 4) is 11.5 Å². The van der Waals surface area contributed by atoms with Crippen LogP contribution in [0.15, 0.2) is 60.9 Å². The molecule has 0 bridgehead atoms. The number of benzene rings is 2. The molecule has 2 atom stereocenters. The summed E-state index contributed by atoms with van der Waals surface area (Å²) < 4.78 is 18.1. The summed E-state index contributed by atoms with van der Waals surface area (Å²) in [6.45, 7) is 9.34. The van der Waals surface area contributed by atoms with E-state index < -0.39 is 23.5 Å². The zero-order valence-electron chi connectivity index (χ0n) is 21.9. The molecule has 0 aliphatic carbocycles. The van der Waals surface area contributed by atoms with Crippen molar-refractivity contribution < 1.29 is 23.8 Å². The molecule has 3 rings (SSSR count). The quantitative estimate of drug-likeness (QED) is 0.304. The molecule has 0 fully saturated rings. The summed E-state index contributed by atoms with van der Waals surface area (Å²) >= 11 is 0. The van der Waals surface area contributed by atoms with Crippen molar-refractivity contribution >= 4 is 17.4 Å². The topological polar surface area (TPSA) is 91.7 Å². The average molecular weight is 494 g/mol. The average Bonchev–Trinajstić information content (AvgIpc) is 3.34. The van der Waals surface area contributed by atoms with E-state index in [1.807, 2.05) is 13.8 Å². The highest BCUT2D eigenvalue weighted by Gasteiger charge is 2.40. The van der Waals surface area contributed by atoms with Crippen LogP contribution in [0.3, 0.4) is 0 Å². The van der Waals surface area contributed by atoms with Gasteiger partial charge in [0.1, 0.15) is 23.1 Å². The normalized spacial score (nSPS) is 13.1. The summed E-state index contributed by atoms with van der Waals surface area (Å²) in [6.07, 6.45) is 3.36. The molecule has 8 heteroatoms. The number of nitrogens with one attached hydrogen (secondary N) is 1. The molecule has 2 aromatic carbocycles. The maximum atomic E-state index is 14.1. The first-order valence-electron chi connectivity index (χ1n) is 11.9. The summed E-state index contributed by atoms with van der Waals surface area (Å²) in [4.78, 5) is 32.1. The minimum absolute atomic E-state index is 0.0116. The van der Waals surface area contributed by atoms with Crippen molar-refractivity contribution in [1.29, 1.82) is 0 Å². The minimum atomic E-state index is -1.03. The Hall–Kier alpha value is -3.81. The van der Waals surface area contributed by atoms with E-state index in [1.54, 1.807) is 100 Å². The van der Waals surface area contributed by atoms with Crippen LogP contribution in [0.5, 0.6) is 11.5 Å². The Morgan fingerprint density at radius 2 is 1.47 bits per heavy atom. The van der Waals surface area contributed by atoms with Crippen LogP contribution < -0.4 is 14.8 Å². The lowest BCUT2D eigenvalue weighted by atomic mass is 9.86. The third-order valence-corrected chi connectivity index (χ3v) is 5.61. The second-order valence-electron chi connectivity index (χ2n) is 9.75. The van der Waals surface area contributed by atoms with Gasteiger partial charge in [0.25, 0.3) is 0 Å². The molecule has 0 radical (unpaired) electrons. The number of hydrogen-bond donors (Lipinski definition) is 1. The first-order chi connectivity index (χ1) is 17.0. The fraction of sp³-hybridized carbons (Fsp3) is 0.393. The Balaban J connectivity index is 2.13. The minimum Gasteiger partial charge on any atom is -0.497 e. The number of methoxy groups -OCH3 is 2. The summed E-state index contributed by atoms with van der Waals surface area (Å²) in [5.41, 5.74) is 0.530. The van der Waals surface area contributed by atoms with E-state index in [4.69, 9.17) is 14.2 Å². The molecule has 3 aromatic rings. The molecule has 192 valence electrons. The molecule has 0 amide bonds. The monoisotopic (exact) mass is 493 g/mol. The number of aromatic nitrogens is 2. The van der Waals surface area contributed by atoms with Gasteiger partial charge >= 0.3 is 5.97 Å². The van der Waals surface area contributed by atoms with Gasteiger partial charge in [-0.05, 0) is 76.6 Å². The number of nitrogens with zero attached hydrogens (tertiary/aromatic N) is 2. The molecule has 1 aromatic heterocycles. The van der Waals surface area contributed by atoms with Crippen LogP contribution in [0.4, 0.5) is 5.69 Å². The number of imidazole rings is 1. The SMILES string of the molecule is COc1ccc(N[C@H](C(=O)OC(C)(C)C)[C@@H](C(=O)c2nccn2C(C)C)c2ccc(OC)cc2)cc1. The molecule has 0 aliphatic rings. The Morgan fingerprint density at radius 1 is 0.917 bits per heavy atom. The number of esters is 1. The van der Waals surface area contributed by atoms with Gasteiger partial charge in [-0.15, -0.1) is 0 Å². The maximum absolute atomic E-state index is 14.1. The fourth-order valence-corrected chi connectivity index (χ4v) is 3.88. The van der Waals surface area contributed by atoms with Gasteiger partial charge in [-0.1, -0.05) is 12.1 Å². The van der Waals surface area contributed by atoms with Crippen molar-refractivity contribution in [3.05, 3.63) is 72.3 Å².